The van der Waals surface area contributed by atoms with Gasteiger partial charge in [0.2, 0.25) is 0 Å². The van der Waals surface area contributed by atoms with Crippen LogP contribution in [0.2, 0.25) is 0 Å². The summed E-state index contributed by atoms with van der Waals surface area (Å²) in [5.74, 6) is 0.337. The maximum absolute atomic E-state index is 13.2. The molecule has 5 rings (SSSR count). The summed E-state index contributed by atoms with van der Waals surface area (Å²) in [6.07, 6.45) is -0.402. The van der Waals surface area contributed by atoms with Gasteiger partial charge in [-0.15, -0.1) is 0 Å². The van der Waals surface area contributed by atoms with E-state index in [9.17, 15) is 4.79 Å². The van der Waals surface area contributed by atoms with Crippen molar-refractivity contribution in [3.63, 3.8) is 0 Å². The number of benzene rings is 4. The highest BCUT2D eigenvalue weighted by atomic mass is 16.6. The molecule has 1 aliphatic rings. The summed E-state index contributed by atoms with van der Waals surface area (Å²) in [6.45, 7) is 7.13. The number of carbonyl (C=O) groups is 1. The van der Waals surface area contributed by atoms with Gasteiger partial charge in [-0.25, -0.2) is 4.79 Å². The number of carbonyl (C=O) groups excluding carboxylic acids is 1. The fraction of sp³-hybridized carbons (Fsp3) is 0.265. The molecule has 0 spiro atoms. The quantitative estimate of drug-likeness (QED) is 0.234. The number of esters is 1. The van der Waals surface area contributed by atoms with E-state index in [0.29, 0.717) is 18.7 Å². The Kier molecular flexibility index (Phi) is 7.99. The van der Waals surface area contributed by atoms with Gasteiger partial charge in [0.15, 0.2) is 6.10 Å². The molecule has 0 bridgehead atoms. The van der Waals surface area contributed by atoms with Crippen LogP contribution < -0.4 is 10.1 Å². The zero-order valence-electron chi connectivity index (χ0n) is 22.7. The Balaban J connectivity index is 1.41. The van der Waals surface area contributed by atoms with Crippen molar-refractivity contribution >= 4 is 11.7 Å². The Bertz CT molecular complexity index is 1380. The molecule has 0 aliphatic carbocycles. The lowest BCUT2D eigenvalue weighted by Gasteiger charge is -2.43. The molecule has 2 atom stereocenters. The first-order chi connectivity index (χ1) is 18.9. The summed E-state index contributed by atoms with van der Waals surface area (Å²) in [5.41, 5.74) is 5.13. The molecule has 0 aromatic heterocycles. The molecule has 39 heavy (non-hydrogen) atoms. The number of anilines is 1. The molecule has 0 radical (unpaired) electrons. The Labute approximate surface area is 230 Å². The zero-order valence-corrected chi connectivity index (χ0v) is 22.7. The fourth-order valence-corrected chi connectivity index (χ4v) is 4.84. The van der Waals surface area contributed by atoms with Crippen LogP contribution in [0.4, 0.5) is 5.69 Å². The molecular weight excluding hydrogens is 486 g/mol. The number of hydrogen-bond acceptors (Lipinski definition) is 5. The lowest BCUT2D eigenvalue weighted by molar-refractivity contribution is -0.139. The molecule has 4 aromatic rings. The molecular formula is C34H35NO4. The third-order valence-corrected chi connectivity index (χ3v) is 7.04. The summed E-state index contributed by atoms with van der Waals surface area (Å²) in [4.78, 5) is 13.2. The first-order valence-corrected chi connectivity index (χ1v) is 13.4. The zero-order chi connectivity index (χ0) is 27.2. The molecule has 1 aliphatic heterocycles. The topological polar surface area (TPSA) is 56.8 Å². The van der Waals surface area contributed by atoms with Crippen molar-refractivity contribution in [2.75, 3.05) is 11.9 Å². The SMILES string of the molecule is Cc1ccc(CNc2ccc3c(c2)C(OCCc2ccccc2)C(OC(=O)c2ccccc2)C(C)(C)O3)cc1. The van der Waals surface area contributed by atoms with Crippen LogP contribution in [0.15, 0.2) is 103 Å². The van der Waals surface area contributed by atoms with E-state index in [1.807, 2.05) is 62.4 Å². The van der Waals surface area contributed by atoms with Crippen LogP contribution in [0.5, 0.6) is 5.75 Å². The summed E-state index contributed by atoms with van der Waals surface area (Å²) in [7, 11) is 0. The number of nitrogens with one attached hydrogen (secondary N) is 1. The second-order valence-electron chi connectivity index (χ2n) is 10.5. The molecule has 0 fully saturated rings. The van der Waals surface area contributed by atoms with E-state index in [1.165, 1.54) is 16.7 Å². The molecule has 200 valence electrons. The minimum absolute atomic E-state index is 0.397. The Morgan fingerprint density at radius 2 is 1.56 bits per heavy atom. The average molecular weight is 522 g/mol. The minimum atomic E-state index is -0.800. The van der Waals surface area contributed by atoms with E-state index in [0.717, 1.165) is 23.4 Å². The lowest BCUT2D eigenvalue weighted by Crippen LogP contribution is -2.51. The number of ether oxygens (including phenoxy) is 3. The third-order valence-electron chi connectivity index (χ3n) is 7.04. The average Bonchev–Trinajstić information content (AvgIpc) is 2.95. The number of aryl methyl sites for hydroxylation is 1. The molecule has 5 heteroatoms. The standard InChI is InChI=1S/C34H35NO4/c1-24-14-16-26(17-15-24)23-35-28-18-19-30-29(22-28)31(37-21-20-25-10-6-4-7-11-25)32(34(2,3)39-30)38-33(36)27-12-8-5-9-13-27/h4-19,22,31-32,35H,20-21,23H2,1-3H3. The summed E-state index contributed by atoms with van der Waals surface area (Å²) in [5, 5.41) is 3.52. The van der Waals surface area contributed by atoms with Crippen LogP contribution in [0.3, 0.4) is 0 Å². The van der Waals surface area contributed by atoms with E-state index in [2.05, 4.69) is 54.7 Å². The lowest BCUT2D eigenvalue weighted by atomic mass is 9.87. The van der Waals surface area contributed by atoms with Crippen molar-refractivity contribution in [2.45, 2.75) is 51.5 Å². The van der Waals surface area contributed by atoms with Crippen molar-refractivity contribution in [1.29, 1.82) is 0 Å². The van der Waals surface area contributed by atoms with Gasteiger partial charge in [0.1, 0.15) is 17.5 Å². The van der Waals surface area contributed by atoms with Crippen LogP contribution in [-0.2, 0) is 22.4 Å². The van der Waals surface area contributed by atoms with Crippen LogP contribution in [0, 0.1) is 6.92 Å². The van der Waals surface area contributed by atoms with Crippen LogP contribution in [0.25, 0.3) is 0 Å². The van der Waals surface area contributed by atoms with Gasteiger partial charge < -0.3 is 19.5 Å². The molecule has 4 aromatic carbocycles. The molecule has 1 heterocycles. The third kappa shape index (κ3) is 6.50. The van der Waals surface area contributed by atoms with Gasteiger partial charge in [-0.05, 0) is 68.7 Å². The molecule has 0 saturated carbocycles. The van der Waals surface area contributed by atoms with Gasteiger partial charge in [-0.1, -0.05) is 78.4 Å². The fourth-order valence-electron chi connectivity index (χ4n) is 4.84. The second kappa shape index (κ2) is 11.7. The maximum Gasteiger partial charge on any atom is 0.338 e. The Morgan fingerprint density at radius 3 is 2.28 bits per heavy atom. The smallest absolute Gasteiger partial charge is 0.338 e. The Hall–Kier alpha value is -4.09. The highest BCUT2D eigenvalue weighted by Crippen LogP contribution is 2.44. The van der Waals surface area contributed by atoms with Gasteiger partial charge in [-0.2, -0.15) is 0 Å². The van der Waals surface area contributed by atoms with Gasteiger partial charge in [-0.3, -0.25) is 0 Å². The maximum atomic E-state index is 13.2. The van der Waals surface area contributed by atoms with Crippen LogP contribution >= 0.6 is 0 Å². The van der Waals surface area contributed by atoms with E-state index in [-0.39, 0.29) is 0 Å². The molecule has 0 amide bonds. The second-order valence-corrected chi connectivity index (χ2v) is 10.5. The molecule has 1 N–H and O–H groups in total. The number of hydrogen-bond donors (Lipinski definition) is 1. The van der Waals surface area contributed by atoms with Gasteiger partial charge in [0.25, 0.3) is 0 Å². The van der Waals surface area contributed by atoms with Crippen molar-refractivity contribution in [1.82, 2.24) is 0 Å². The van der Waals surface area contributed by atoms with Crippen molar-refractivity contribution < 1.29 is 19.0 Å². The van der Waals surface area contributed by atoms with Crippen molar-refractivity contribution in [2.24, 2.45) is 0 Å². The van der Waals surface area contributed by atoms with Crippen LogP contribution in [0.1, 0.15) is 52.6 Å². The predicted molar refractivity (Wildman–Crippen MR) is 154 cm³/mol. The first-order valence-electron chi connectivity index (χ1n) is 13.4. The van der Waals surface area contributed by atoms with Crippen molar-refractivity contribution in [3.05, 3.63) is 131 Å². The predicted octanol–water partition coefficient (Wildman–Crippen LogP) is 7.30. The van der Waals surface area contributed by atoms with E-state index in [4.69, 9.17) is 14.2 Å². The number of fused-ring (bicyclic) bond motifs is 1. The van der Waals surface area contributed by atoms with E-state index in [1.54, 1.807) is 12.1 Å². The molecule has 5 nitrogen and oxygen atoms in total. The van der Waals surface area contributed by atoms with Crippen molar-refractivity contribution in [3.8, 4) is 5.75 Å². The monoisotopic (exact) mass is 521 g/mol. The Morgan fingerprint density at radius 1 is 0.872 bits per heavy atom. The molecule has 2 unspecified atom stereocenters. The summed E-state index contributed by atoms with van der Waals surface area (Å²) in [6, 6.07) is 33.8. The highest BCUT2D eigenvalue weighted by molar-refractivity contribution is 5.89. The van der Waals surface area contributed by atoms with Gasteiger partial charge in [0.05, 0.1) is 12.2 Å². The first kappa shape index (κ1) is 26.5. The van der Waals surface area contributed by atoms with Gasteiger partial charge in [0, 0.05) is 17.8 Å². The highest BCUT2D eigenvalue weighted by Gasteiger charge is 2.47. The van der Waals surface area contributed by atoms with Crippen LogP contribution in [-0.4, -0.2) is 24.3 Å². The molecule has 0 saturated heterocycles. The normalized spacial score (nSPS) is 17.5. The van der Waals surface area contributed by atoms with E-state index >= 15 is 0 Å². The minimum Gasteiger partial charge on any atom is -0.483 e. The summed E-state index contributed by atoms with van der Waals surface area (Å²) >= 11 is 0. The number of rotatable bonds is 9. The summed E-state index contributed by atoms with van der Waals surface area (Å²) < 4.78 is 19.1. The largest absolute Gasteiger partial charge is 0.483 e. The van der Waals surface area contributed by atoms with Gasteiger partial charge >= 0.3 is 5.97 Å². The van der Waals surface area contributed by atoms with E-state index < -0.39 is 23.8 Å².